The van der Waals surface area contributed by atoms with Gasteiger partial charge in [0.25, 0.3) is 10.0 Å². The van der Waals surface area contributed by atoms with E-state index < -0.39 is 10.0 Å². The van der Waals surface area contributed by atoms with Crippen molar-refractivity contribution in [1.29, 1.82) is 0 Å². The molecule has 0 unspecified atom stereocenters. The van der Waals surface area contributed by atoms with Crippen molar-refractivity contribution in [2.45, 2.75) is 31.3 Å². The van der Waals surface area contributed by atoms with Gasteiger partial charge in [-0.3, -0.25) is 4.72 Å². The van der Waals surface area contributed by atoms with Crippen LogP contribution in [0.1, 0.15) is 31.3 Å². The molecule has 0 saturated carbocycles. The molecule has 0 aliphatic carbocycles. The highest BCUT2D eigenvalue weighted by atomic mass is 32.2. The molecule has 1 aromatic carbocycles. The highest BCUT2D eigenvalue weighted by Gasteiger charge is 2.20. The maximum atomic E-state index is 12.8. The Balaban J connectivity index is 1.57. The van der Waals surface area contributed by atoms with Gasteiger partial charge in [0.1, 0.15) is 0 Å². The van der Waals surface area contributed by atoms with Crippen LogP contribution in [0.2, 0.25) is 0 Å². The second-order valence-electron chi connectivity index (χ2n) is 6.68. The van der Waals surface area contributed by atoms with Crippen LogP contribution in [0.4, 0.5) is 5.69 Å². The van der Waals surface area contributed by atoms with E-state index in [1.807, 2.05) is 43.5 Å². The van der Waals surface area contributed by atoms with Crippen molar-refractivity contribution in [2.75, 3.05) is 4.72 Å². The second-order valence-corrected chi connectivity index (χ2v) is 9.26. The maximum Gasteiger partial charge on any atom is 0.280 e. The zero-order valence-electron chi connectivity index (χ0n) is 15.8. The molecule has 10 heteroatoms. The fraction of sp³-hybridized carbons (Fsp3) is 0.211. The Morgan fingerprint density at radius 2 is 2.03 bits per heavy atom. The first-order valence-corrected chi connectivity index (χ1v) is 11.3. The summed E-state index contributed by atoms with van der Waals surface area (Å²) in [7, 11) is -3.82. The predicted molar refractivity (Wildman–Crippen MR) is 110 cm³/mol. The number of aromatic nitrogens is 4. The highest BCUT2D eigenvalue weighted by molar-refractivity contribution is 7.92. The summed E-state index contributed by atoms with van der Waals surface area (Å²) in [6.45, 7) is 3.91. The number of anilines is 1. The smallest absolute Gasteiger partial charge is 0.280 e. The lowest BCUT2D eigenvalue weighted by atomic mass is 10.1. The molecule has 0 spiro atoms. The molecule has 0 amide bonds. The standard InChI is InChI=1S/C19H19N5O3S2/c1-13(2)24-11-18(20-12-24)29(25,26)23-15-7-4-3-6-14(15)10-17-21-19(22-27-17)16-8-5-9-28-16/h3-9,11-13,23H,10H2,1-2H3. The Morgan fingerprint density at radius 1 is 1.21 bits per heavy atom. The number of thiophene rings is 1. The molecule has 0 saturated heterocycles. The molecule has 3 heterocycles. The molecule has 1 N–H and O–H groups in total. The number of para-hydroxylation sites is 1. The van der Waals surface area contributed by atoms with Crippen molar-refractivity contribution in [3.8, 4) is 10.7 Å². The topological polar surface area (TPSA) is 103 Å². The van der Waals surface area contributed by atoms with Crippen LogP contribution in [0.5, 0.6) is 0 Å². The van der Waals surface area contributed by atoms with E-state index in [1.54, 1.807) is 16.7 Å². The van der Waals surface area contributed by atoms with Gasteiger partial charge >= 0.3 is 0 Å². The number of benzene rings is 1. The monoisotopic (exact) mass is 429 g/mol. The first-order chi connectivity index (χ1) is 13.9. The lowest BCUT2D eigenvalue weighted by Crippen LogP contribution is -2.15. The van der Waals surface area contributed by atoms with Crippen molar-refractivity contribution in [2.24, 2.45) is 0 Å². The molecule has 4 rings (SSSR count). The van der Waals surface area contributed by atoms with E-state index in [2.05, 4.69) is 19.8 Å². The Bertz CT molecular complexity index is 1210. The van der Waals surface area contributed by atoms with Crippen LogP contribution in [0.3, 0.4) is 0 Å². The van der Waals surface area contributed by atoms with Gasteiger partial charge in [-0.15, -0.1) is 11.3 Å². The molecule has 0 fully saturated rings. The van der Waals surface area contributed by atoms with Gasteiger partial charge in [0.15, 0.2) is 5.03 Å². The molecular weight excluding hydrogens is 410 g/mol. The Labute approximate surface area is 172 Å². The molecule has 0 radical (unpaired) electrons. The van der Waals surface area contributed by atoms with Gasteiger partial charge in [-0.1, -0.05) is 29.4 Å². The van der Waals surface area contributed by atoms with Crippen molar-refractivity contribution in [3.63, 3.8) is 0 Å². The van der Waals surface area contributed by atoms with Crippen molar-refractivity contribution in [1.82, 2.24) is 19.7 Å². The second kappa shape index (κ2) is 7.80. The molecule has 0 aliphatic heterocycles. The van der Waals surface area contributed by atoms with E-state index in [9.17, 15) is 8.42 Å². The summed E-state index contributed by atoms with van der Waals surface area (Å²) in [6, 6.07) is 11.1. The average molecular weight is 430 g/mol. The molecule has 0 bridgehead atoms. The quantitative estimate of drug-likeness (QED) is 0.477. The van der Waals surface area contributed by atoms with Crippen LogP contribution in [0, 0.1) is 0 Å². The molecule has 4 aromatic rings. The molecule has 3 aromatic heterocycles. The molecule has 0 aliphatic rings. The largest absolute Gasteiger partial charge is 0.339 e. The number of rotatable bonds is 7. The molecule has 29 heavy (non-hydrogen) atoms. The van der Waals surface area contributed by atoms with E-state index >= 15 is 0 Å². The van der Waals surface area contributed by atoms with Gasteiger partial charge in [-0.25, -0.2) is 4.98 Å². The van der Waals surface area contributed by atoms with E-state index in [-0.39, 0.29) is 11.1 Å². The normalized spacial score (nSPS) is 11.8. The number of hydrogen-bond donors (Lipinski definition) is 1. The van der Waals surface area contributed by atoms with Crippen LogP contribution in [0.15, 0.2) is 63.9 Å². The number of nitrogens with zero attached hydrogens (tertiary/aromatic N) is 4. The fourth-order valence-electron chi connectivity index (χ4n) is 2.71. The minimum atomic E-state index is -3.82. The molecule has 8 nitrogen and oxygen atoms in total. The SMILES string of the molecule is CC(C)n1cnc(S(=O)(=O)Nc2ccccc2Cc2nc(-c3cccs3)no2)c1. The lowest BCUT2D eigenvalue weighted by molar-refractivity contribution is 0.386. The zero-order chi connectivity index (χ0) is 20.4. The number of nitrogens with one attached hydrogen (secondary N) is 1. The van der Waals surface area contributed by atoms with Crippen molar-refractivity contribution < 1.29 is 12.9 Å². The van der Waals surface area contributed by atoms with E-state index in [0.717, 1.165) is 10.4 Å². The van der Waals surface area contributed by atoms with Crippen LogP contribution in [-0.2, 0) is 16.4 Å². The maximum absolute atomic E-state index is 12.8. The van der Waals surface area contributed by atoms with Crippen LogP contribution >= 0.6 is 11.3 Å². The Morgan fingerprint density at radius 3 is 2.76 bits per heavy atom. The first-order valence-electron chi connectivity index (χ1n) is 8.93. The van der Waals surface area contributed by atoms with Crippen molar-refractivity contribution >= 4 is 27.0 Å². The lowest BCUT2D eigenvalue weighted by Gasteiger charge is -2.10. The summed E-state index contributed by atoms with van der Waals surface area (Å²) in [5, 5.41) is 5.91. The summed E-state index contributed by atoms with van der Waals surface area (Å²) in [6.07, 6.45) is 3.33. The van der Waals surface area contributed by atoms with Gasteiger partial charge in [0.2, 0.25) is 11.7 Å². The fourth-order valence-corrected chi connectivity index (χ4v) is 4.39. The zero-order valence-corrected chi connectivity index (χ0v) is 17.4. The minimum Gasteiger partial charge on any atom is -0.339 e. The minimum absolute atomic E-state index is 0.0289. The first kappa shape index (κ1) is 19.3. The van der Waals surface area contributed by atoms with E-state index in [4.69, 9.17) is 4.52 Å². The van der Waals surface area contributed by atoms with Crippen LogP contribution in [-0.4, -0.2) is 28.1 Å². The van der Waals surface area contributed by atoms with Crippen LogP contribution < -0.4 is 4.72 Å². The van der Waals surface area contributed by atoms with Gasteiger partial charge in [0.05, 0.1) is 23.3 Å². The molecule has 0 atom stereocenters. The third-order valence-electron chi connectivity index (χ3n) is 4.26. The Kier molecular flexibility index (Phi) is 5.20. The van der Waals surface area contributed by atoms with Gasteiger partial charge in [0, 0.05) is 12.2 Å². The van der Waals surface area contributed by atoms with Crippen molar-refractivity contribution in [3.05, 3.63) is 65.8 Å². The van der Waals surface area contributed by atoms with Gasteiger partial charge < -0.3 is 9.09 Å². The number of imidazole rings is 1. The number of sulfonamides is 1. The number of hydrogen-bond acceptors (Lipinski definition) is 7. The van der Waals surface area contributed by atoms with Crippen LogP contribution in [0.25, 0.3) is 10.7 Å². The van der Waals surface area contributed by atoms with Gasteiger partial charge in [-0.05, 0) is 36.9 Å². The van der Waals surface area contributed by atoms with E-state index in [1.165, 1.54) is 23.9 Å². The average Bonchev–Trinajstić information content (AvgIpc) is 3.44. The third-order valence-corrected chi connectivity index (χ3v) is 6.38. The summed E-state index contributed by atoms with van der Waals surface area (Å²) >= 11 is 1.52. The molecular formula is C19H19N5O3S2. The van der Waals surface area contributed by atoms with Gasteiger partial charge in [-0.2, -0.15) is 13.4 Å². The summed E-state index contributed by atoms with van der Waals surface area (Å²) in [5.74, 6) is 0.927. The summed E-state index contributed by atoms with van der Waals surface area (Å²) in [5.41, 5.74) is 1.17. The molecule has 150 valence electrons. The Hall–Kier alpha value is -2.98. The predicted octanol–water partition coefficient (Wildman–Crippen LogP) is 3.97. The third kappa shape index (κ3) is 4.22. The summed E-state index contributed by atoms with van der Waals surface area (Å²) in [4.78, 5) is 9.34. The summed E-state index contributed by atoms with van der Waals surface area (Å²) < 4.78 is 35.2. The van der Waals surface area contributed by atoms with E-state index in [0.29, 0.717) is 23.8 Å². The highest BCUT2D eigenvalue weighted by Crippen LogP contribution is 2.25.